The van der Waals surface area contributed by atoms with Crippen molar-refractivity contribution in [2.45, 2.75) is 14.4 Å². The van der Waals surface area contributed by atoms with Gasteiger partial charge in [-0.05, 0) is 18.6 Å². The van der Waals surface area contributed by atoms with E-state index in [1.54, 1.807) is 12.3 Å². The van der Waals surface area contributed by atoms with Crippen LogP contribution in [0, 0.1) is 6.92 Å². The van der Waals surface area contributed by atoms with Crippen LogP contribution >= 0.6 is 0 Å². The highest BCUT2D eigenvalue weighted by molar-refractivity contribution is 5.70. The van der Waals surface area contributed by atoms with Gasteiger partial charge in [0, 0.05) is 0 Å². The molecule has 0 fully saturated rings. The van der Waals surface area contributed by atoms with Crippen molar-refractivity contribution in [2.24, 2.45) is 0 Å². The van der Waals surface area contributed by atoms with Crippen molar-refractivity contribution >= 4 is 6.29 Å². The molecule has 0 N–H and O–H groups in total. The molecule has 50 valence electrons. The molecule has 0 unspecified atom stereocenters. The van der Waals surface area contributed by atoms with Gasteiger partial charge in [-0.1, -0.05) is 7.43 Å². The van der Waals surface area contributed by atoms with Gasteiger partial charge in [0.2, 0.25) is 0 Å². The maximum absolute atomic E-state index is 9.93. The van der Waals surface area contributed by atoms with E-state index in [9.17, 15) is 4.79 Å². The summed E-state index contributed by atoms with van der Waals surface area (Å²) >= 11 is 0. The van der Waals surface area contributed by atoms with Gasteiger partial charge in [0.25, 0.3) is 0 Å². The molecule has 1 heterocycles. The van der Waals surface area contributed by atoms with E-state index in [0.717, 1.165) is 5.56 Å². The Morgan fingerprint density at radius 1 is 1.67 bits per heavy atom. The Morgan fingerprint density at radius 3 is 2.56 bits per heavy atom. The first-order chi connectivity index (χ1) is 3.83. The molecule has 1 aromatic rings. The van der Waals surface area contributed by atoms with E-state index < -0.39 is 0 Å². The molecule has 2 nitrogen and oxygen atoms in total. The van der Waals surface area contributed by atoms with Gasteiger partial charge in [-0.15, -0.1) is 0 Å². The summed E-state index contributed by atoms with van der Waals surface area (Å²) in [5.74, 6) is 0.391. The molecule has 0 atom stereocenters. The summed E-state index contributed by atoms with van der Waals surface area (Å²) in [5, 5.41) is 0. The fraction of sp³-hybridized carbons (Fsp3) is 0.286. The van der Waals surface area contributed by atoms with Crippen molar-refractivity contribution in [3.05, 3.63) is 23.7 Å². The molecule has 0 bridgehead atoms. The maximum atomic E-state index is 9.93. The summed E-state index contributed by atoms with van der Waals surface area (Å²) in [7, 11) is 0. The second kappa shape index (κ2) is 3.07. The first-order valence-corrected chi connectivity index (χ1v) is 2.33. The Hall–Kier alpha value is -1.05. The van der Waals surface area contributed by atoms with Gasteiger partial charge in [-0.3, -0.25) is 4.79 Å². The SMILES string of the molecule is C.Cc1coc(C=O)c1. The monoisotopic (exact) mass is 126 g/mol. The van der Waals surface area contributed by atoms with Gasteiger partial charge in [-0.25, -0.2) is 0 Å². The number of carbonyl (C=O) groups is 1. The van der Waals surface area contributed by atoms with Gasteiger partial charge in [0.15, 0.2) is 12.0 Å². The lowest BCUT2D eigenvalue weighted by atomic mass is 10.3. The molecule has 0 saturated carbocycles. The quantitative estimate of drug-likeness (QED) is 0.539. The number of furan rings is 1. The third kappa shape index (κ3) is 1.72. The van der Waals surface area contributed by atoms with Crippen LogP contribution in [0.25, 0.3) is 0 Å². The molecule has 0 aliphatic rings. The fourth-order valence-corrected chi connectivity index (χ4v) is 0.515. The van der Waals surface area contributed by atoms with E-state index in [-0.39, 0.29) is 7.43 Å². The Balaban J connectivity index is 0.000000640. The van der Waals surface area contributed by atoms with Crippen LogP contribution in [-0.4, -0.2) is 6.29 Å². The van der Waals surface area contributed by atoms with E-state index in [2.05, 4.69) is 0 Å². The van der Waals surface area contributed by atoms with E-state index in [1.807, 2.05) is 6.92 Å². The first-order valence-electron chi connectivity index (χ1n) is 2.33. The Morgan fingerprint density at radius 2 is 2.33 bits per heavy atom. The lowest BCUT2D eigenvalue weighted by Gasteiger charge is -1.69. The van der Waals surface area contributed by atoms with Gasteiger partial charge < -0.3 is 4.42 Å². The summed E-state index contributed by atoms with van der Waals surface area (Å²) in [4.78, 5) is 9.93. The largest absolute Gasteiger partial charge is 0.461 e. The number of aryl methyl sites for hydroxylation is 1. The predicted molar refractivity (Wildman–Crippen MR) is 35.6 cm³/mol. The van der Waals surface area contributed by atoms with Crippen molar-refractivity contribution in [3.8, 4) is 0 Å². The maximum Gasteiger partial charge on any atom is 0.185 e. The van der Waals surface area contributed by atoms with E-state index in [1.165, 1.54) is 0 Å². The molecular formula is C7H10O2. The average Bonchev–Trinajstić information content (AvgIpc) is 2.14. The fourth-order valence-electron chi connectivity index (χ4n) is 0.515. The zero-order valence-electron chi connectivity index (χ0n) is 4.55. The number of hydrogen-bond acceptors (Lipinski definition) is 2. The second-order valence-electron chi connectivity index (χ2n) is 1.64. The topological polar surface area (TPSA) is 30.2 Å². The summed E-state index contributed by atoms with van der Waals surface area (Å²) in [6.07, 6.45) is 2.23. The molecule has 9 heavy (non-hydrogen) atoms. The Bertz CT molecular complexity index is 189. The summed E-state index contributed by atoms with van der Waals surface area (Å²) in [5.41, 5.74) is 0.979. The second-order valence-corrected chi connectivity index (χ2v) is 1.64. The Labute approximate surface area is 54.5 Å². The smallest absolute Gasteiger partial charge is 0.185 e. The van der Waals surface area contributed by atoms with Gasteiger partial charge in [0.05, 0.1) is 6.26 Å². The molecule has 0 aromatic carbocycles. The minimum absolute atomic E-state index is 0. The van der Waals surface area contributed by atoms with E-state index >= 15 is 0 Å². The zero-order valence-corrected chi connectivity index (χ0v) is 4.55. The molecule has 0 spiro atoms. The molecule has 0 amide bonds. The minimum Gasteiger partial charge on any atom is -0.461 e. The number of hydrogen-bond donors (Lipinski definition) is 0. The van der Waals surface area contributed by atoms with Crippen molar-refractivity contribution in [1.82, 2.24) is 0 Å². The highest BCUT2D eigenvalue weighted by Crippen LogP contribution is 2.01. The summed E-state index contributed by atoms with van der Waals surface area (Å²) < 4.78 is 4.75. The van der Waals surface area contributed by atoms with Crippen LogP contribution in [-0.2, 0) is 0 Å². The third-order valence-electron chi connectivity index (χ3n) is 0.867. The highest BCUT2D eigenvalue weighted by Gasteiger charge is 1.91. The molecule has 1 aromatic heterocycles. The van der Waals surface area contributed by atoms with Crippen LogP contribution in [0.15, 0.2) is 16.7 Å². The van der Waals surface area contributed by atoms with Gasteiger partial charge in [0.1, 0.15) is 0 Å². The third-order valence-corrected chi connectivity index (χ3v) is 0.867. The minimum atomic E-state index is 0. The van der Waals surface area contributed by atoms with Crippen molar-refractivity contribution < 1.29 is 9.21 Å². The number of carbonyl (C=O) groups excluding carboxylic acids is 1. The number of rotatable bonds is 1. The molecule has 0 aliphatic heterocycles. The average molecular weight is 126 g/mol. The molecule has 2 heteroatoms. The van der Waals surface area contributed by atoms with Gasteiger partial charge >= 0.3 is 0 Å². The van der Waals surface area contributed by atoms with Crippen LogP contribution in [0.2, 0.25) is 0 Å². The molecular weight excluding hydrogens is 116 g/mol. The molecule has 0 saturated heterocycles. The predicted octanol–water partition coefficient (Wildman–Crippen LogP) is 2.04. The summed E-state index contributed by atoms with van der Waals surface area (Å²) in [6, 6.07) is 1.69. The van der Waals surface area contributed by atoms with Crippen molar-refractivity contribution in [3.63, 3.8) is 0 Å². The Kier molecular flexibility index (Phi) is 2.71. The first kappa shape index (κ1) is 7.95. The van der Waals surface area contributed by atoms with Crippen molar-refractivity contribution in [2.75, 3.05) is 0 Å². The standard InChI is InChI=1S/C6H6O2.CH4/c1-5-2-6(3-7)8-4-5;/h2-4H,1H3;1H4. The van der Waals surface area contributed by atoms with Gasteiger partial charge in [-0.2, -0.15) is 0 Å². The zero-order chi connectivity index (χ0) is 5.98. The lowest BCUT2D eigenvalue weighted by Crippen LogP contribution is -1.66. The van der Waals surface area contributed by atoms with Crippen LogP contribution in [0.1, 0.15) is 23.5 Å². The number of aldehydes is 1. The lowest BCUT2D eigenvalue weighted by molar-refractivity contribution is 0.110. The highest BCUT2D eigenvalue weighted by atomic mass is 16.3. The summed E-state index contributed by atoms with van der Waals surface area (Å²) in [6.45, 7) is 1.87. The van der Waals surface area contributed by atoms with Crippen LogP contribution < -0.4 is 0 Å². The van der Waals surface area contributed by atoms with Crippen LogP contribution in [0.4, 0.5) is 0 Å². The van der Waals surface area contributed by atoms with Crippen molar-refractivity contribution in [1.29, 1.82) is 0 Å². The van der Waals surface area contributed by atoms with Crippen LogP contribution in [0.5, 0.6) is 0 Å². The normalized spacial score (nSPS) is 8.11. The van der Waals surface area contributed by atoms with E-state index in [0.29, 0.717) is 12.0 Å². The van der Waals surface area contributed by atoms with E-state index in [4.69, 9.17) is 4.42 Å². The molecule has 0 aliphatic carbocycles. The molecule has 0 radical (unpaired) electrons. The van der Waals surface area contributed by atoms with Crippen LogP contribution in [0.3, 0.4) is 0 Å². The molecule has 1 rings (SSSR count).